The number of hydrogen-bond donors (Lipinski definition) is 0. The topological polar surface area (TPSA) is 71.2 Å². The molecule has 0 spiro atoms. The molecule has 21 heavy (non-hydrogen) atoms. The quantitative estimate of drug-likeness (QED) is 0.846. The average molecular weight is 292 g/mol. The number of anilines is 2. The molecule has 2 aromatic rings. The summed E-state index contributed by atoms with van der Waals surface area (Å²) >= 11 is 0. The first-order valence-corrected chi connectivity index (χ1v) is 6.91. The van der Waals surface area contributed by atoms with E-state index in [2.05, 4.69) is 20.2 Å². The summed E-state index contributed by atoms with van der Waals surface area (Å²) in [6.45, 7) is 3.78. The van der Waals surface area contributed by atoms with Crippen LogP contribution in [0.4, 0.5) is 16.2 Å². The van der Waals surface area contributed by atoms with E-state index in [0.29, 0.717) is 30.1 Å². The number of aromatic nitrogens is 4. The molecule has 0 saturated carbocycles. The maximum Gasteiger partial charge on any atom is 0.235 e. The Labute approximate surface area is 121 Å². The van der Waals surface area contributed by atoms with Gasteiger partial charge in [-0.05, 0) is 12.8 Å². The van der Waals surface area contributed by atoms with E-state index in [9.17, 15) is 4.39 Å². The van der Waals surface area contributed by atoms with Crippen molar-refractivity contribution in [3.8, 4) is 0 Å². The van der Waals surface area contributed by atoms with Crippen LogP contribution in [0.5, 0.6) is 0 Å². The molecule has 0 bridgehead atoms. The van der Waals surface area contributed by atoms with E-state index >= 15 is 0 Å². The van der Waals surface area contributed by atoms with Gasteiger partial charge in [-0.2, -0.15) is 4.98 Å². The van der Waals surface area contributed by atoms with Crippen LogP contribution in [-0.4, -0.2) is 40.3 Å². The lowest BCUT2D eigenvalue weighted by Crippen LogP contribution is -2.24. The fourth-order valence-electron chi connectivity index (χ4n) is 2.36. The highest BCUT2D eigenvalue weighted by molar-refractivity contribution is 5.45. The minimum atomic E-state index is -0.386. The lowest BCUT2D eigenvalue weighted by atomic mass is 10.4. The second-order valence-electron chi connectivity index (χ2n) is 5.11. The Morgan fingerprint density at radius 2 is 2.10 bits per heavy atom. The van der Waals surface area contributed by atoms with E-state index in [-0.39, 0.29) is 5.82 Å². The molecule has 8 heteroatoms. The van der Waals surface area contributed by atoms with Gasteiger partial charge in [-0.25, -0.2) is 9.37 Å². The standard InChI is InChI=1S/C13H17FN6O/c1-9-17-18-11(21-9)8-19(2)13-15-7-10(14)12(16-13)20-5-3-4-6-20/h7H,3-6,8H2,1-2H3. The van der Waals surface area contributed by atoms with Crippen molar-refractivity contribution in [1.82, 2.24) is 20.2 Å². The Morgan fingerprint density at radius 1 is 1.33 bits per heavy atom. The highest BCUT2D eigenvalue weighted by atomic mass is 19.1. The Hall–Kier alpha value is -2.25. The highest BCUT2D eigenvalue weighted by Crippen LogP contribution is 2.23. The van der Waals surface area contributed by atoms with Crippen LogP contribution < -0.4 is 9.80 Å². The summed E-state index contributed by atoms with van der Waals surface area (Å²) in [7, 11) is 1.81. The minimum Gasteiger partial charge on any atom is -0.424 e. The van der Waals surface area contributed by atoms with Gasteiger partial charge in [-0.15, -0.1) is 10.2 Å². The lowest BCUT2D eigenvalue weighted by Gasteiger charge is -2.20. The van der Waals surface area contributed by atoms with Crippen molar-refractivity contribution < 1.29 is 8.81 Å². The molecule has 0 unspecified atom stereocenters. The van der Waals surface area contributed by atoms with Crippen LogP contribution in [0.1, 0.15) is 24.6 Å². The fraction of sp³-hybridized carbons (Fsp3) is 0.538. The maximum atomic E-state index is 13.9. The van der Waals surface area contributed by atoms with E-state index in [1.807, 2.05) is 4.90 Å². The molecule has 0 radical (unpaired) electrons. The molecule has 0 atom stereocenters. The zero-order chi connectivity index (χ0) is 14.8. The van der Waals surface area contributed by atoms with Gasteiger partial charge in [0.1, 0.15) is 0 Å². The van der Waals surface area contributed by atoms with E-state index in [4.69, 9.17) is 4.42 Å². The third-order valence-corrected chi connectivity index (χ3v) is 3.40. The predicted octanol–water partition coefficient (Wildman–Crippen LogP) is 1.54. The lowest BCUT2D eigenvalue weighted by molar-refractivity contribution is 0.465. The van der Waals surface area contributed by atoms with Gasteiger partial charge in [-0.1, -0.05) is 0 Å². The Kier molecular flexibility index (Phi) is 3.68. The highest BCUT2D eigenvalue weighted by Gasteiger charge is 2.20. The van der Waals surface area contributed by atoms with Crippen LogP contribution in [0.15, 0.2) is 10.6 Å². The first-order chi connectivity index (χ1) is 10.1. The first kappa shape index (κ1) is 13.7. The molecule has 2 aromatic heterocycles. The molecule has 3 rings (SSSR count). The van der Waals surface area contributed by atoms with Crippen LogP contribution in [0.2, 0.25) is 0 Å². The summed E-state index contributed by atoms with van der Waals surface area (Å²) in [5, 5.41) is 7.71. The second kappa shape index (κ2) is 5.63. The molecule has 112 valence electrons. The van der Waals surface area contributed by atoms with Crippen LogP contribution in [0.25, 0.3) is 0 Å². The van der Waals surface area contributed by atoms with Gasteiger partial charge in [0.15, 0.2) is 11.6 Å². The van der Waals surface area contributed by atoms with E-state index in [0.717, 1.165) is 25.9 Å². The average Bonchev–Trinajstić information content (AvgIpc) is 3.11. The minimum absolute atomic E-state index is 0.367. The van der Waals surface area contributed by atoms with Crippen molar-refractivity contribution in [1.29, 1.82) is 0 Å². The maximum absolute atomic E-state index is 13.9. The van der Waals surface area contributed by atoms with Gasteiger partial charge in [0.25, 0.3) is 0 Å². The van der Waals surface area contributed by atoms with Gasteiger partial charge in [0.2, 0.25) is 17.7 Å². The van der Waals surface area contributed by atoms with Crippen molar-refractivity contribution in [2.45, 2.75) is 26.3 Å². The largest absolute Gasteiger partial charge is 0.424 e. The van der Waals surface area contributed by atoms with Crippen LogP contribution in [-0.2, 0) is 6.54 Å². The number of hydrogen-bond acceptors (Lipinski definition) is 7. The monoisotopic (exact) mass is 292 g/mol. The summed E-state index contributed by atoms with van der Waals surface area (Å²) in [5.74, 6) is 1.41. The fourth-order valence-corrected chi connectivity index (χ4v) is 2.36. The molecule has 1 saturated heterocycles. The Balaban J connectivity index is 1.79. The molecule has 3 heterocycles. The Bertz CT molecular complexity index is 625. The van der Waals surface area contributed by atoms with Gasteiger partial charge in [-0.3, -0.25) is 0 Å². The summed E-state index contributed by atoms with van der Waals surface area (Å²) in [6, 6.07) is 0. The van der Waals surface area contributed by atoms with Crippen molar-refractivity contribution in [2.75, 3.05) is 29.9 Å². The van der Waals surface area contributed by atoms with Crippen molar-refractivity contribution in [3.63, 3.8) is 0 Å². The predicted molar refractivity (Wildman–Crippen MR) is 74.6 cm³/mol. The van der Waals surface area contributed by atoms with Crippen molar-refractivity contribution in [3.05, 3.63) is 23.8 Å². The zero-order valence-corrected chi connectivity index (χ0v) is 12.1. The van der Waals surface area contributed by atoms with E-state index in [1.165, 1.54) is 6.20 Å². The molecule has 0 N–H and O–H groups in total. The molecule has 7 nitrogen and oxygen atoms in total. The second-order valence-corrected chi connectivity index (χ2v) is 5.11. The molecule has 1 aliphatic heterocycles. The third kappa shape index (κ3) is 2.93. The smallest absolute Gasteiger partial charge is 0.235 e. The van der Waals surface area contributed by atoms with Crippen LogP contribution >= 0.6 is 0 Å². The van der Waals surface area contributed by atoms with Crippen LogP contribution in [0.3, 0.4) is 0 Å². The summed E-state index contributed by atoms with van der Waals surface area (Å²) < 4.78 is 19.2. The van der Waals surface area contributed by atoms with E-state index < -0.39 is 0 Å². The number of halogens is 1. The van der Waals surface area contributed by atoms with Gasteiger partial charge in [0.05, 0.1) is 12.7 Å². The Morgan fingerprint density at radius 3 is 2.76 bits per heavy atom. The zero-order valence-electron chi connectivity index (χ0n) is 12.1. The molecule has 0 amide bonds. The summed E-state index contributed by atoms with van der Waals surface area (Å²) in [5.41, 5.74) is 0. The van der Waals surface area contributed by atoms with Gasteiger partial charge in [0, 0.05) is 27.1 Å². The molecule has 1 fully saturated rings. The van der Waals surface area contributed by atoms with Gasteiger partial charge < -0.3 is 14.2 Å². The number of aryl methyl sites for hydroxylation is 1. The normalized spacial score (nSPS) is 14.7. The summed E-state index contributed by atoms with van der Waals surface area (Å²) in [4.78, 5) is 12.1. The van der Waals surface area contributed by atoms with Crippen molar-refractivity contribution >= 4 is 11.8 Å². The number of rotatable bonds is 4. The number of nitrogens with zero attached hydrogens (tertiary/aromatic N) is 6. The van der Waals surface area contributed by atoms with Gasteiger partial charge >= 0.3 is 0 Å². The third-order valence-electron chi connectivity index (χ3n) is 3.40. The van der Waals surface area contributed by atoms with E-state index in [1.54, 1.807) is 18.9 Å². The molecular formula is C13H17FN6O. The molecule has 1 aliphatic rings. The molecular weight excluding hydrogens is 275 g/mol. The first-order valence-electron chi connectivity index (χ1n) is 6.91. The SMILES string of the molecule is Cc1nnc(CN(C)c2ncc(F)c(N3CCCC3)n2)o1. The summed E-state index contributed by atoms with van der Waals surface area (Å²) in [6.07, 6.45) is 3.34. The van der Waals surface area contributed by atoms with Crippen molar-refractivity contribution in [2.24, 2.45) is 0 Å². The molecule has 0 aromatic carbocycles. The van der Waals surface area contributed by atoms with Crippen LogP contribution in [0, 0.1) is 12.7 Å². The molecule has 0 aliphatic carbocycles.